The Kier molecular flexibility index (Phi) is 7.74. The number of hydrogen-bond donors (Lipinski definition) is 2. The number of carbonyl (C=O) groups excluding carboxylic acids is 2. The monoisotopic (exact) mass is 709 g/mol. The molecule has 2 aromatic carbocycles. The molecule has 7 heterocycles. The number of aromatic nitrogens is 5. The molecule has 9 rings (SSSR count). The molecule has 14 heteroatoms. The third-order valence-corrected chi connectivity index (χ3v) is 11.9. The lowest BCUT2D eigenvalue weighted by Gasteiger charge is -2.61. The molecule has 2 N–H and O–H groups in total. The molecule has 0 aliphatic carbocycles. The molecule has 0 radical (unpaired) electrons. The van der Waals surface area contributed by atoms with Crippen LogP contribution in [0.1, 0.15) is 43.1 Å². The Balaban J connectivity index is 0.883. The molecular formula is C37H40FN9O3S. The van der Waals surface area contributed by atoms with Crippen LogP contribution in [0.2, 0.25) is 0 Å². The molecule has 4 aliphatic heterocycles. The fraction of sp³-hybridized carbons (Fsp3) is 0.432. The van der Waals surface area contributed by atoms with Crippen molar-refractivity contribution in [3.63, 3.8) is 0 Å². The van der Waals surface area contributed by atoms with Crippen molar-refractivity contribution in [2.45, 2.75) is 50.3 Å². The van der Waals surface area contributed by atoms with Crippen LogP contribution in [0.25, 0.3) is 22.0 Å². The summed E-state index contributed by atoms with van der Waals surface area (Å²) in [5.41, 5.74) is 3.94. The van der Waals surface area contributed by atoms with Crippen LogP contribution in [0, 0.1) is 11.2 Å². The van der Waals surface area contributed by atoms with Gasteiger partial charge in [0.05, 0.1) is 34.9 Å². The van der Waals surface area contributed by atoms with Gasteiger partial charge in [-0.2, -0.15) is 5.10 Å². The zero-order valence-corrected chi connectivity index (χ0v) is 29.3. The summed E-state index contributed by atoms with van der Waals surface area (Å²) in [5, 5.41) is 21.1. The number of likely N-dealkylation sites (tertiary alicyclic amines) is 2. The Labute approximate surface area is 298 Å². The molecule has 51 heavy (non-hydrogen) atoms. The van der Waals surface area contributed by atoms with E-state index in [2.05, 4.69) is 41.8 Å². The summed E-state index contributed by atoms with van der Waals surface area (Å²) in [4.78, 5) is 41.9. The highest BCUT2D eigenvalue weighted by Crippen LogP contribution is 2.43. The van der Waals surface area contributed by atoms with Gasteiger partial charge in [0.15, 0.2) is 11.2 Å². The second-order valence-corrected chi connectivity index (χ2v) is 15.9. The second-order valence-electron chi connectivity index (χ2n) is 15.0. The first-order valence-corrected chi connectivity index (χ1v) is 18.5. The highest BCUT2D eigenvalue weighted by molar-refractivity contribution is 7.13. The van der Waals surface area contributed by atoms with E-state index in [9.17, 15) is 14.7 Å². The fourth-order valence-electron chi connectivity index (χ4n) is 8.32. The second kappa shape index (κ2) is 12.2. The first kappa shape index (κ1) is 32.3. The minimum Gasteiger partial charge on any atom is -0.389 e. The number of hydrogen-bond acceptors (Lipinski definition) is 9. The Morgan fingerprint density at radius 1 is 1.04 bits per heavy atom. The van der Waals surface area contributed by atoms with Gasteiger partial charge in [0.25, 0.3) is 5.91 Å². The maximum Gasteiger partial charge on any atom is 0.257 e. The number of anilines is 2. The number of benzene rings is 2. The summed E-state index contributed by atoms with van der Waals surface area (Å²) in [6.07, 6.45) is 8.27. The predicted octanol–water partition coefficient (Wildman–Crippen LogP) is 4.17. The number of aryl methyl sites for hydroxylation is 1. The number of aliphatic hydroxyl groups is 1. The molecule has 5 aromatic rings. The number of halogens is 1. The molecule has 1 atom stereocenters. The quantitative estimate of drug-likeness (QED) is 0.246. The summed E-state index contributed by atoms with van der Waals surface area (Å²) in [6, 6.07) is 10.6. The van der Waals surface area contributed by atoms with Crippen LogP contribution in [0.4, 0.5) is 15.2 Å². The van der Waals surface area contributed by atoms with Crippen molar-refractivity contribution in [2.24, 2.45) is 5.41 Å². The summed E-state index contributed by atoms with van der Waals surface area (Å²) in [5.74, 6) is -0.685. The van der Waals surface area contributed by atoms with Crippen LogP contribution in [-0.2, 0) is 22.6 Å². The Hall–Kier alpha value is -4.66. The third-order valence-electron chi connectivity index (χ3n) is 11.2. The van der Waals surface area contributed by atoms with E-state index in [1.54, 1.807) is 24.1 Å². The van der Waals surface area contributed by atoms with Crippen LogP contribution >= 0.6 is 11.3 Å². The lowest BCUT2D eigenvalue weighted by molar-refractivity contribution is -0.152. The lowest BCUT2D eigenvalue weighted by atomic mass is 9.72. The maximum atomic E-state index is 15.7. The van der Waals surface area contributed by atoms with Crippen molar-refractivity contribution in [1.82, 2.24) is 34.1 Å². The summed E-state index contributed by atoms with van der Waals surface area (Å²) < 4.78 is 19.3. The van der Waals surface area contributed by atoms with Gasteiger partial charge in [0, 0.05) is 80.4 Å². The van der Waals surface area contributed by atoms with Crippen LogP contribution in [0.5, 0.6) is 0 Å². The topological polar surface area (TPSA) is 125 Å². The Bertz CT molecular complexity index is 2110. The molecule has 0 bridgehead atoms. The number of thiazole rings is 1. The van der Waals surface area contributed by atoms with Crippen molar-refractivity contribution >= 4 is 44.9 Å². The number of amides is 2. The van der Waals surface area contributed by atoms with Crippen molar-refractivity contribution in [2.75, 3.05) is 56.5 Å². The normalized spacial score (nSPS) is 19.9. The standard InChI is InChI=1S/C37H40FN9O3S/c1-43-12-8-37(50,9-13-43)17-31(48)46-21-36(22-46)19-45(20-36)26-6-4-24(5-7-26)25-15-28(38)27-18-47(42-29(27)16-25)33(34(49)41-35-39-10-14-51-35)32-30-3-2-11-44(30)23-40-32/h4-7,10,14-16,18,23,33,50H,2-3,8-9,11-13,17,19-22H2,1H3,(H,39,41,49). The highest BCUT2D eigenvalue weighted by Gasteiger charge is 2.53. The molecule has 1 spiro atoms. The summed E-state index contributed by atoms with van der Waals surface area (Å²) in [6.45, 7) is 5.71. The molecule has 12 nitrogen and oxygen atoms in total. The van der Waals surface area contributed by atoms with Crippen molar-refractivity contribution in [3.05, 3.63) is 77.7 Å². The van der Waals surface area contributed by atoms with Crippen molar-refractivity contribution in [3.8, 4) is 11.1 Å². The molecular weight excluding hydrogens is 670 g/mol. The van der Waals surface area contributed by atoms with E-state index in [0.717, 1.165) is 75.6 Å². The number of nitrogens with zero attached hydrogens (tertiary/aromatic N) is 8. The fourth-order valence-corrected chi connectivity index (χ4v) is 8.85. The van der Waals surface area contributed by atoms with Gasteiger partial charge in [-0.05, 0) is 68.1 Å². The molecule has 3 fully saturated rings. The lowest BCUT2D eigenvalue weighted by Crippen LogP contribution is -2.73. The minimum absolute atomic E-state index is 0.0594. The van der Waals surface area contributed by atoms with Crippen LogP contribution in [0.3, 0.4) is 0 Å². The third kappa shape index (κ3) is 5.88. The molecule has 264 valence electrons. The zero-order chi connectivity index (χ0) is 34.9. The number of carbonyl (C=O) groups is 2. The van der Waals surface area contributed by atoms with E-state index in [-0.39, 0.29) is 23.7 Å². The SMILES string of the molecule is CN1CCC(O)(CC(=O)N2CC3(C2)CN(c2ccc(-c4cc(F)c5cn(C(C(=O)Nc6nccs6)c6ncn7c6CCC7)nc5c4)cc2)C3)CC1. The average molecular weight is 710 g/mol. The van der Waals surface area contributed by atoms with Crippen molar-refractivity contribution < 1.29 is 19.1 Å². The van der Waals surface area contributed by atoms with E-state index in [1.165, 1.54) is 22.1 Å². The molecule has 1 unspecified atom stereocenters. The van der Waals surface area contributed by atoms with Gasteiger partial charge in [-0.3, -0.25) is 19.6 Å². The van der Waals surface area contributed by atoms with Gasteiger partial charge in [0.2, 0.25) is 5.91 Å². The molecule has 2 amide bonds. The van der Waals surface area contributed by atoms with Gasteiger partial charge in [-0.15, -0.1) is 11.3 Å². The van der Waals surface area contributed by atoms with Crippen molar-refractivity contribution in [1.29, 1.82) is 0 Å². The maximum absolute atomic E-state index is 15.7. The minimum atomic E-state index is -0.885. The largest absolute Gasteiger partial charge is 0.389 e. The predicted molar refractivity (Wildman–Crippen MR) is 192 cm³/mol. The average Bonchev–Trinajstić information content (AvgIpc) is 3.89. The molecule has 0 saturated carbocycles. The molecule has 4 aliphatic rings. The van der Waals surface area contributed by atoms with Gasteiger partial charge in [-0.1, -0.05) is 12.1 Å². The molecule has 3 saturated heterocycles. The van der Waals surface area contributed by atoms with E-state index in [1.807, 2.05) is 30.1 Å². The summed E-state index contributed by atoms with van der Waals surface area (Å²) in [7, 11) is 2.05. The zero-order valence-electron chi connectivity index (χ0n) is 28.5. The van der Waals surface area contributed by atoms with E-state index < -0.39 is 17.5 Å². The van der Waals surface area contributed by atoms with Gasteiger partial charge in [-0.25, -0.2) is 14.4 Å². The van der Waals surface area contributed by atoms with E-state index in [4.69, 9.17) is 5.10 Å². The number of nitrogens with one attached hydrogen (secondary N) is 1. The van der Waals surface area contributed by atoms with Gasteiger partial charge in [0.1, 0.15) is 5.82 Å². The number of rotatable bonds is 8. The molecule has 3 aromatic heterocycles. The number of imidazole rings is 1. The van der Waals surface area contributed by atoms with Crippen LogP contribution in [-0.4, -0.2) is 103 Å². The van der Waals surface area contributed by atoms with E-state index >= 15 is 4.39 Å². The Morgan fingerprint density at radius 2 is 1.82 bits per heavy atom. The first-order valence-electron chi connectivity index (χ1n) is 17.6. The number of fused-ring (bicyclic) bond motifs is 2. The smallest absolute Gasteiger partial charge is 0.257 e. The highest BCUT2D eigenvalue weighted by atomic mass is 32.1. The first-order chi connectivity index (χ1) is 24.6. The van der Waals surface area contributed by atoms with Gasteiger partial charge >= 0.3 is 0 Å². The van der Waals surface area contributed by atoms with Crippen LogP contribution < -0.4 is 10.2 Å². The van der Waals surface area contributed by atoms with Crippen LogP contribution in [0.15, 0.2) is 60.5 Å². The van der Waals surface area contributed by atoms with E-state index in [0.29, 0.717) is 40.1 Å². The number of piperidine rings is 1. The summed E-state index contributed by atoms with van der Waals surface area (Å²) >= 11 is 1.33. The Morgan fingerprint density at radius 3 is 2.57 bits per heavy atom. The van der Waals surface area contributed by atoms with Gasteiger partial charge < -0.3 is 24.4 Å².